The lowest BCUT2D eigenvalue weighted by Gasteiger charge is -2.16. The number of carbonyl (C=O) groups excluding carboxylic acids is 2. The van der Waals surface area contributed by atoms with Crippen molar-refractivity contribution in [3.05, 3.63) is 34.4 Å². The molecule has 2 aliphatic rings. The molecule has 1 saturated heterocycles. The van der Waals surface area contributed by atoms with Gasteiger partial charge >= 0.3 is 6.03 Å². The van der Waals surface area contributed by atoms with E-state index in [9.17, 15) is 9.59 Å². The largest absolute Gasteiger partial charge is 0.326 e. The predicted octanol–water partition coefficient (Wildman–Crippen LogP) is 3.02. The zero-order chi connectivity index (χ0) is 19.0. The van der Waals surface area contributed by atoms with Crippen molar-refractivity contribution in [2.75, 3.05) is 24.5 Å². The minimum atomic E-state index is 0.0181. The Labute approximate surface area is 162 Å². The van der Waals surface area contributed by atoms with Gasteiger partial charge in [-0.2, -0.15) is 0 Å². The number of thiazole rings is 1. The van der Waals surface area contributed by atoms with Crippen molar-refractivity contribution in [1.82, 2.24) is 19.9 Å². The van der Waals surface area contributed by atoms with Crippen LogP contribution in [-0.4, -0.2) is 51.3 Å². The molecule has 0 radical (unpaired) electrons. The number of aryl methyl sites for hydroxylation is 3. The molecule has 1 aliphatic carbocycles. The minimum Gasteiger partial charge on any atom is -0.322 e. The highest BCUT2D eigenvalue weighted by Crippen LogP contribution is 2.33. The first-order valence-corrected chi connectivity index (χ1v) is 10.2. The highest BCUT2D eigenvalue weighted by atomic mass is 32.1. The smallest absolute Gasteiger partial charge is 0.322 e. The van der Waals surface area contributed by atoms with Gasteiger partial charge in [0.2, 0.25) is 0 Å². The second kappa shape index (κ2) is 7.34. The summed E-state index contributed by atoms with van der Waals surface area (Å²) in [5, 5.41) is 0.634. The number of anilines is 1. The third-order valence-corrected chi connectivity index (χ3v) is 6.20. The van der Waals surface area contributed by atoms with Gasteiger partial charge in [-0.25, -0.2) is 9.78 Å². The van der Waals surface area contributed by atoms with E-state index in [-0.39, 0.29) is 11.8 Å². The van der Waals surface area contributed by atoms with Crippen LogP contribution in [0.3, 0.4) is 0 Å². The minimum absolute atomic E-state index is 0.0181. The number of hydrogen-bond acceptors (Lipinski definition) is 6. The molecule has 8 heteroatoms. The summed E-state index contributed by atoms with van der Waals surface area (Å²) in [6, 6.07) is 0.0181. The molecular formula is C19H23N5O2S. The maximum Gasteiger partial charge on any atom is 0.326 e. The second-order valence-corrected chi connectivity index (χ2v) is 8.28. The normalized spacial score (nSPS) is 17.0. The van der Waals surface area contributed by atoms with E-state index in [0.717, 1.165) is 24.5 Å². The number of amides is 2. The van der Waals surface area contributed by atoms with Crippen molar-refractivity contribution in [1.29, 1.82) is 0 Å². The van der Waals surface area contributed by atoms with E-state index in [4.69, 9.17) is 0 Å². The third kappa shape index (κ3) is 4.00. The molecule has 2 aromatic rings. The van der Waals surface area contributed by atoms with Gasteiger partial charge in [0.1, 0.15) is 0 Å². The van der Waals surface area contributed by atoms with E-state index < -0.39 is 0 Å². The maximum atomic E-state index is 12.6. The summed E-state index contributed by atoms with van der Waals surface area (Å²) >= 11 is 1.32. The number of carbonyl (C=O) groups is 2. The van der Waals surface area contributed by atoms with Crippen LogP contribution in [0.2, 0.25) is 0 Å². The first-order chi connectivity index (χ1) is 13.0. The molecule has 0 aromatic carbocycles. The van der Waals surface area contributed by atoms with Crippen LogP contribution in [0.1, 0.15) is 46.0 Å². The lowest BCUT2D eigenvalue weighted by Crippen LogP contribution is -2.33. The van der Waals surface area contributed by atoms with Gasteiger partial charge in [0, 0.05) is 38.4 Å². The second-order valence-electron chi connectivity index (χ2n) is 7.31. The summed E-state index contributed by atoms with van der Waals surface area (Å²) in [7, 11) is 0. The van der Waals surface area contributed by atoms with Gasteiger partial charge in [-0.15, -0.1) is 0 Å². The van der Waals surface area contributed by atoms with Gasteiger partial charge < -0.3 is 4.90 Å². The molecule has 2 fully saturated rings. The van der Waals surface area contributed by atoms with Crippen LogP contribution in [0, 0.1) is 19.8 Å². The zero-order valence-electron chi connectivity index (χ0n) is 15.6. The van der Waals surface area contributed by atoms with Crippen LogP contribution < -0.4 is 4.90 Å². The number of ketones is 1. The first-order valence-electron chi connectivity index (χ1n) is 9.36. The molecule has 4 rings (SSSR count). The van der Waals surface area contributed by atoms with Crippen molar-refractivity contribution >= 4 is 28.3 Å². The number of Topliss-reactive ketones (excluding diaryl/α,β-unsaturated/α-hetero) is 1. The molecule has 2 aromatic heterocycles. The molecule has 3 heterocycles. The van der Waals surface area contributed by atoms with Crippen molar-refractivity contribution in [2.45, 2.75) is 39.5 Å². The summed E-state index contributed by atoms with van der Waals surface area (Å²) < 4.78 is 0. The highest BCUT2D eigenvalue weighted by Gasteiger charge is 2.35. The van der Waals surface area contributed by atoms with E-state index in [0.29, 0.717) is 41.0 Å². The van der Waals surface area contributed by atoms with Gasteiger partial charge in [-0.3, -0.25) is 19.7 Å². The fourth-order valence-corrected chi connectivity index (χ4v) is 4.26. The monoisotopic (exact) mass is 385 g/mol. The number of hydrogen-bond donors (Lipinski definition) is 0. The van der Waals surface area contributed by atoms with Crippen molar-refractivity contribution < 1.29 is 9.59 Å². The Morgan fingerprint density at radius 3 is 2.74 bits per heavy atom. The number of urea groups is 1. The molecule has 0 unspecified atom stereocenters. The van der Waals surface area contributed by atoms with E-state index in [1.165, 1.54) is 24.2 Å². The zero-order valence-corrected chi connectivity index (χ0v) is 16.5. The quantitative estimate of drug-likeness (QED) is 0.685. The SMILES string of the molecule is Cc1cnc(CCC(=O)c2sc(N3CCN(CC4CC4)C3=O)nc2C)cn1. The van der Waals surface area contributed by atoms with E-state index in [1.54, 1.807) is 17.3 Å². The molecule has 1 saturated carbocycles. The average Bonchev–Trinajstić information content (AvgIpc) is 3.29. The molecule has 1 aliphatic heterocycles. The molecule has 0 N–H and O–H groups in total. The van der Waals surface area contributed by atoms with Gasteiger partial charge in [0.25, 0.3) is 0 Å². The Morgan fingerprint density at radius 2 is 2.04 bits per heavy atom. The summed E-state index contributed by atoms with van der Waals surface area (Å²) in [6.45, 7) is 5.95. The number of nitrogens with zero attached hydrogens (tertiary/aromatic N) is 5. The van der Waals surface area contributed by atoms with Gasteiger partial charge in [-0.1, -0.05) is 11.3 Å². The lowest BCUT2D eigenvalue weighted by molar-refractivity contribution is 0.0985. The molecule has 0 atom stereocenters. The molecule has 0 spiro atoms. The lowest BCUT2D eigenvalue weighted by atomic mass is 10.1. The van der Waals surface area contributed by atoms with Gasteiger partial charge in [0.15, 0.2) is 10.9 Å². The van der Waals surface area contributed by atoms with Crippen LogP contribution in [0.4, 0.5) is 9.93 Å². The summed E-state index contributed by atoms with van der Waals surface area (Å²) in [6.07, 6.45) is 6.79. The third-order valence-electron chi connectivity index (χ3n) is 4.98. The van der Waals surface area contributed by atoms with Gasteiger partial charge in [-0.05, 0) is 39.0 Å². The van der Waals surface area contributed by atoms with E-state index >= 15 is 0 Å². The fraction of sp³-hybridized carbons (Fsp3) is 0.526. The van der Waals surface area contributed by atoms with Crippen molar-refractivity contribution in [2.24, 2.45) is 5.92 Å². The first kappa shape index (κ1) is 18.0. The summed E-state index contributed by atoms with van der Waals surface area (Å²) in [5.41, 5.74) is 2.37. The fourth-order valence-electron chi connectivity index (χ4n) is 3.20. The van der Waals surface area contributed by atoms with Crippen LogP contribution in [-0.2, 0) is 6.42 Å². The number of rotatable bonds is 7. The van der Waals surface area contributed by atoms with Crippen LogP contribution >= 0.6 is 11.3 Å². The van der Waals surface area contributed by atoms with Crippen LogP contribution in [0.25, 0.3) is 0 Å². The van der Waals surface area contributed by atoms with Crippen molar-refractivity contribution in [3.63, 3.8) is 0 Å². The summed E-state index contributed by atoms with van der Waals surface area (Å²) in [5.74, 6) is 0.717. The Balaban J connectivity index is 1.40. The van der Waals surface area contributed by atoms with E-state index in [1.807, 2.05) is 18.7 Å². The topological polar surface area (TPSA) is 79.3 Å². The van der Waals surface area contributed by atoms with E-state index in [2.05, 4.69) is 15.0 Å². The standard InChI is InChI=1S/C19H23N5O2S/c1-12-9-21-15(10-20-12)5-6-16(25)17-13(2)22-18(27-17)24-8-7-23(19(24)26)11-14-3-4-14/h9-10,14H,3-8,11H2,1-2H3. The Bertz CT molecular complexity index is 859. The highest BCUT2D eigenvalue weighted by molar-refractivity contribution is 7.17. The predicted molar refractivity (Wildman–Crippen MR) is 103 cm³/mol. The Morgan fingerprint density at radius 1 is 1.22 bits per heavy atom. The van der Waals surface area contributed by atoms with Gasteiger partial charge in [0.05, 0.1) is 22.0 Å². The Kier molecular flexibility index (Phi) is 4.90. The molecule has 0 bridgehead atoms. The molecule has 2 amide bonds. The van der Waals surface area contributed by atoms with Crippen molar-refractivity contribution in [3.8, 4) is 0 Å². The summed E-state index contributed by atoms with van der Waals surface area (Å²) in [4.78, 5) is 42.5. The molecule has 7 nitrogen and oxygen atoms in total. The number of aromatic nitrogens is 3. The van der Waals surface area contributed by atoms with Crippen LogP contribution in [0.5, 0.6) is 0 Å². The molecule has 27 heavy (non-hydrogen) atoms. The van der Waals surface area contributed by atoms with Crippen LogP contribution in [0.15, 0.2) is 12.4 Å². The maximum absolute atomic E-state index is 12.6. The molecule has 142 valence electrons. The average molecular weight is 385 g/mol. The Hall–Kier alpha value is -2.35. The molecular weight excluding hydrogens is 362 g/mol.